The van der Waals surface area contributed by atoms with Crippen molar-refractivity contribution in [3.8, 4) is 5.75 Å². The number of carbonyl (C=O) groups excluding carboxylic acids is 1. The molecule has 2 aromatic rings. The second-order valence-corrected chi connectivity index (χ2v) is 7.89. The molecule has 0 saturated carbocycles. The van der Waals surface area contributed by atoms with Crippen molar-refractivity contribution in [2.75, 3.05) is 6.61 Å². The van der Waals surface area contributed by atoms with E-state index in [0.29, 0.717) is 17.9 Å². The molecule has 0 spiro atoms. The molecule has 0 aliphatic heterocycles. The zero-order valence-electron chi connectivity index (χ0n) is 14.9. The normalized spacial score (nSPS) is 12.6. The Hall–Kier alpha value is -1.94. The first kappa shape index (κ1) is 20.4. The van der Waals surface area contributed by atoms with E-state index in [1.165, 1.54) is 12.8 Å². The van der Waals surface area contributed by atoms with Crippen molar-refractivity contribution < 1.29 is 23.9 Å². The van der Waals surface area contributed by atoms with Gasteiger partial charge in [-0.25, -0.2) is 0 Å². The maximum atomic E-state index is 12.7. The summed E-state index contributed by atoms with van der Waals surface area (Å²) in [6.45, 7) is 2.76. The monoisotopic (exact) mass is 376 g/mol. The summed E-state index contributed by atoms with van der Waals surface area (Å²) in [6.07, 6.45) is 4.44. The highest BCUT2D eigenvalue weighted by Gasteiger charge is 2.37. The van der Waals surface area contributed by atoms with Gasteiger partial charge in [0, 0.05) is 5.56 Å². The van der Waals surface area contributed by atoms with Crippen LogP contribution in [0.15, 0.2) is 54.6 Å². The van der Waals surface area contributed by atoms with E-state index in [4.69, 9.17) is 4.74 Å². The Morgan fingerprint density at radius 2 is 1.65 bits per heavy atom. The summed E-state index contributed by atoms with van der Waals surface area (Å²) in [5.41, 5.74) is -0.938. The predicted octanol–water partition coefficient (Wildman–Crippen LogP) is 4.75. The van der Waals surface area contributed by atoms with Gasteiger partial charge in [0.25, 0.3) is 0 Å². The Morgan fingerprint density at radius 3 is 2.23 bits per heavy atom. The summed E-state index contributed by atoms with van der Waals surface area (Å²) in [5, 5.41) is 0. The van der Waals surface area contributed by atoms with Crippen molar-refractivity contribution in [2.24, 2.45) is 0 Å². The summed E-state index contributed by atoms with van der Waals surface area (Å²) in [5.74, 6) is 0.0459. The van der Waals surface area contributed by atoms with Crippen LogP contribution < -0.4 is 4.74 Å². The van der Waals surface area contributed by atoms with Crippen molar-refractivity contribution >= 4 is 13.4 Å². The molecule has 1 unspecified atom stereocenters. The van der Waals surface area contributed by atoms with Crippen LogP contribution in [0, 0.1) is 0 Å². The standard InChI is InChI=1S/C20H25O5P/c1-2-3-4-8-15-25-18-13-11-16(12-14-18)19(21)20(26(22,23)24)17-9-6-5-7-10-17/h5-7,9-14,20H,2-4,8,15H2,1H3,(H2,22,23,24). The number of Topliss-reactive ketones (excluding diaryl/α,β-unsaturated/α-hetero) is 1. The van der Waals surface area contributed by atoms with Crippen LogP contribution in [0.1, 0.15) is 54.2 Å². The van der Waals surface area contributed by atoms with Crippen molar-refractivity contribution in [2.45, 2.75) is 38.3 Å². The van der Waals surface area contributed by atoms with Crippen LogP contribution in [0.5, 0.6) is 5.75 Å². The molecular weight excluding hydrogens is 351 g/mol. The zero-order valence-corrected chi connectivity index (χ0v) is 15.8. The fourth-order valence-corrected chi connectivity index (χ4v) is 3.74. The summed E-state index contributed by atoms with van der Waals surface area (Å²) in [4.78, 5) is 32.0. The SMILES string of the molecule is CCCCCCOc1ccc(C(=O)C(c2ccccc2)P(=O)(O)O)cc1. The number of unbranched alkanes of at least 4 members (excludes halogenated alkanes) is 3. The quantitative estimate of drug-likeness (QED) is 0.355. The highest BCUT2D eigenvalue weighted by molar-refractivity contribution is 7.53. The molecule has 0 fully saturated rings. The van der Waals surface area contributed by atoms with Crippen molar-refractivity contribution in [3.05, 3.63) is 65.7 Å². The maximum absolute atomic E-state index is 12.7. The van der Waals surface area contributed by atoms with Gasteiger partial charge < -0.3 is 14.5 Å². The van der Waals surface area contributed by atoms with E-state index in [2.05, 4.69) is 6.92 Å². The van der Waals surface area contributed by atoms with Crippen molar-refractivity contribution in [3.63, 3.8) is 0 Å². The third-order valence-corrected chi connectivity index (χ3v) is 5.31. The van der Waals surface area contributed by atoms with E-state index >= 15 is 0 Å². The van der Waals surface area contributed by atoms with Gasteiger partial charge in [-0.1, -0.05) is 56.5 Å². The Morgan fingerprint density at radius 1 is 1.00 bits per heavy atom. The predicted molar refractivity (Wildman–Crippen MR) is 102 cm³/mol. The molecule has 1 atom stereocenters. The van der Waals surface area contributed by atoms with Crippen LogP contribution in [0.4, 0.5) is 0 Å². The van der Waals surface area contributed by atoms with E-state index in [1.807, 2.05) is 0 Å². The van der Waals surface area contributed by atoms with Gasteiger partial charge in [0.1, 0.15) is 11.4 Å². The highest BCUT2D eigenvalue weighted by atomic mass is 31.2. The summed E-state index contributed by atoms with van der Waals surface area (Å²) < 4.78 is 17.5. The smallest absolute Gasteiger partial charge is 0.340 e. The average molecular weight is 376 g/mol. The summed E-state index contributed by atoms with van der Waals surface area (Å²) >= 11 is 0. The minimum Gasteiger partial charge on any atom is -0.494 e. The molecular formula is C20H25O5P. The molecule has 5 nitrogen and oxygen atoms in total. The summed E-state index contributed by atoms with van der Waals surface area (Å²) in [7, 11) is -4.64. The van der Waals surface area contributed by atoms with Gasteiger partial charge >= 0.3 is 7.60 Å². The Balaban J connectivity index is 2.09. The Bertz CT molecular complexity index is 737. The second-order valence-electron chi connectivity index (χ2n) is 6.20. The van der Waals surface area contributed by atoms with Crippen LogP contribution in [-0.4, -0.2) is 22.2 Å². The average Bonchev–Trinajstić information content (AvgIpc) is 2.62. The number of hydrogen-bond acceptors (Lipinski definition) is 3. The first-order valence-corrected chi connectivity index (χ1v) is 10.5. The van der Waals surface area contributed by atoms with Crippen LogP contribution in [0.25, 0.3) is 0 Å². The summed E-state index contributed by atoms with van der Waals surface area (Å²) in [6, 6.07) is 14.6. The molecule has 0 amide bonds. The lowest BCUT2D eigenvalue weighted by atomic mass is 10.0. The Labute approximate surface area is 154 Å². The molecule has 2 aromatic carbocycles. The van der Waals surface area contributed by atoms with Crippen molar-refractivity contribution in [1.29, 1.82) is 0 Å². The number of carbonyl (C=O) groups is 1. The van der Waals surface area contributed by atoms with Crippen LogP contribution in [0.2, 0.25) is 0 Å². The molecule has 26 heavy (non-hydrogen) atoms. The minimum absolute atomic E-state index is 0.250. The van der Waals surface area contributed by atoms with Gasteiger partial charge in [0.15, 0.2) is 5.78 Å². The van der Waals surface area contributed by atoms with E-state index in [9.17, 15) is 19.1 Å². The van der Waals surface area contributed by atoms with Crippen molar-refractivity contribution in [1.82, 2.24) is 0 Å². The molecule has 0 aromatic heterocycles. The number of ether oxygens (including phenoxy) is 1. The lowest BCUT2D eigenvalue weighted by Crippen LogP contribution is -2.13. The third-order valence-electron chi connectivity index (χ3n) is 4.11. The number of benzene rings is 2. The number of rotatable bonds is 10. The van der Waals surface area contributed by atoms with Crippen LogP contribution >= 0.6 is 7.60 Å². The van der Waals surface area contributed by atoms with E-state index in [-0.39, 0.29) is 5.56 Å². The second kappa shape index (κ2) is 9.67. The number of ketones is 1. The van der Waals surface area contributed by atoms with E-state index < -0.39 is 19.0 Å². The lowest BCUT2D eigenvalue weighted by Gasteiger charge is -2.18. The van der Waals surface area contributed by atoms with Gasteiger partial charge in [0.05, 0.1) is 6.61 Å². The molecule has 140 valence electrons. The zero-order chi connectivity index (χ0) is 19.0. The van der Waals surface area contributed by atoms with E-state index in [0.717, 1.165) is 12.8 Å². The molecule has 0 heterocycles. The lowest BCUT2D eigenvalue weighted by molar-refractivity contribution is 0.0978. The Kier molecular flexibility index (Phi) is 7.58. The van der Waals surface area contributed by atoms with Crippen LogP contribution in [-0.2, 0) is 4.57 Å². The number of hydrogen-bond donors (Lipinski definition) is 2. The topological polar surface area (TPSA) is 83.8 Å². The molecule has 0 aliphatic carbocycles. The van der Waals surface area contributed by atoms with Gasteiger partial charge in [-0.05, 0) is 36.2 Å². The molecule has 0 radical (unpaired) electrons. The van der Waals surface area contributed by atoms with Gasteiger partial charge in [-0.15, -0.1) is 0 Å². The van der Waals surface area contributed by atoms with Gasteiger partial charge in [0.2, 0.25) is 0 Å². The largest absolute Gasteiger partial charge is 0.494 e. The molecule has 6 heteroatoms. The van der Waals surface area contributed by atoms with Gasteiger partial charge in [-0.2, -0.15) is 0 Å². The first-order chi connectivity index (χ1) is 12.4. The van der Waals surface area contributed by atoms with Crippen LogP contribution in [0.3, 0.4) is 0 Å². The maximum Gasteiger partial charge on any atom is 0.340 e. The third kappa shape index (κ3) is 5.80. The molecule has 2 rings (SSSR count). The molecule has 0 saturated heterocycles. The van der Waals surface area contributed by atoms with E-state index in [1.54, 1.807) is 54.6 Å². The molecule has 0 aliphatic rings. The highest BCUT2D eigenvalue weighted by Crippen LogP contribution is 2.53. The fourth-order valence-electron chi connectivity index (χ4n) is 2.73. The fraction of sp³-hybridized carbons (Fsp3) is 0.350. The van der Waals surface area contributed by atoms with Gasteiger partial charge in [-0.3, -0.25) is 9.36 Å². The first-order valence-electron chi connectivity index (χ1n) is 8.80. The minimum atomic E-state index is -4.64. The molecule has 2 N–H and O–H groups in total. The molecule has 0 bridgehead atoms.